The molecule has 7 heteroatoms. The molecule has 0 aromatic heterocycles. The maximum Gasteiger partial charge on any atom is 0.273 e. The number of rotatable bonds is 3. The molecule has 0 saturated carbocycles. The standard InChI is InChI=1S/C15H21N3O3.ClH/c1-10-5-6-12(8-14(10)18(20)21)15(19)17-7-3-4-13(9-17)11(2)16;/h5-6,8,11,13H,3-4,7,9,16H2,1-2H3;1H. The molecule has 0 spiro atoms. The van der Waals surface area contributed by atoms with Crippen molar-refractivity contribution in [3.63, 3.8) is 0 Å². The van der Waals surface area contributed by atoms with Crippen molar-refractivity contribution in [2.24, 2.45) is 11.7 Å². The maximum atomic E-state index is 12.5. The Hall–Kier alpha value is -1.66. The number of carbonyl (C=O) groups excluding carboxylic acids is 1. The predicted molar refractivity (Wildman–Crippen MR) is 87.4 cm³/mol. The zero-order chi connectivity index (χ0) is 15.6. The molecule has 0 aliphatic carbocycles. The fraction of sp³-hybridized carbons (Fsp3) is 0.533. The number of aryl methyl sites for hydroxylation is 1. The number of nitrogens with zero attached hydrogens (tertiary/aromatic N) is 2. The number of nitro groups is 1. The van der Waals surface area contributed by atoms with E-state index in [0.717, 1.165) is 12.8 Å². The van der Waals surface area contributed by atoms with Gasteiger partial charge in [0, 0.05) is 36.3 Å². The second kappa shape index (κ2) is 7.56. The van der Waals surface area contributed by atoms with Crippen molar-refractivity contribution in [2.75, 3.05) is 13.1 Å². The molecule has 1 amide bonds. The lowest BCUT2D eigenvalue weighted by Crippen LogP contribution is -2.45. The SMILES string of the molecule is Cc1ccc(C(=O)N2CCCC(C(C)N)C2)cc1[N+](=O)[O-].Cl. The van der Waals surface area contributed by atoms with Crippen LogP contribution >= 0.6 is 12.4 Å². The van der Waals surface area contributed by atoms with Gasteiger partial charge in [-0.15, -0.1) is 12.4 Å². The van der Waals surface area contributed by atoms with Crippen molar-refractivity contribution in [2.45, 2.75) is 32.7 Å². The van der Waals surface area contributed by atoms with E-state index in [-0.39, 0.29) is 30.0 Å². The number of hydrogen-bond donors (Lipinski definition) is 1. The average molecular weight is 328 g/mol. The molecule has 0 radical (unpaired) electrons. The molecule has 1 heterocycles. The second-order valence-electron chi connectivity index (χ2n) is 5.77. The van der Waals surface area contributed by atoms with Crippen LogP contribution in [0.15, 0.2) is 18.2 Å². The number of halogens is 1. The predicted octanol–water partition coefficient (Wildman–Crippen LogP) is 2.52. The first-order valence-corrected chi connectivity index (χ1v) is 7.20. The van der Waals surface area contributed by atoms with Gasteiger partial charge >= 0.3 is 0 Å². The summed E-state index contributed by atoms with van der Waals surface area (Å²) >= 11 is 0. The zero-order valence-electron chi connectivity index (χ0n) is 12.8. The van der Waals surface area contributed by atoms with Crippen molar-refractivity contribution < 1.29 is 9.72 Å². The summed E-state index contributed by atoms with van der Waals surface area (Å²) in [5.74, 6) is 0.145. The summed E-state index contributed by atoms with van der Waals surface area (Å²) in [5.41, 5.74) is 6.84. The number of benzene rings is 1. The van der Waals surface area contributed by atoms with Crippen molar-refractivity contribution in [1.82, 2.24) is 4.90 Å². The average Bonchev–Trinajstić information content (AvgIpc) is 2.46. The first kappa shape index (κ1) is 18.4. The highest BCUT2D eigenvalue weighted by Gasteiger charge is 2.27. The number of nitro benzene ring substituents is 1. The highest BCUT2D eigenvalue weighted by molar-refractivity contribution is 5.95. The molecule has 1 aromatic carbocycles. The van der Waals surface area contributed by atoms with Crippen LogP contribution in [0.5, 0.6) is 0 Å². The van der Waals surface area contributed by atoms with Gasteiger partial charge in [-0.1, -0.05) is 6.07 Å². The van der Waals surface area contributed by atoms with Crippen molar-refractivity contribution >= 4 is 24.0 Å². The third-order valence-corrected chi connectivity index (χ3v) is 4.14. The minimum atomic E-state index is -0.451. The minimum Gasteiger partial charge on any atom is -0.338 e. The lowest BCUT2D eigenvalue weighted by Gasteiger charge is -2.34. The summed E-state index contributed by atoms with van der Waals surface area (Å²) in [6.45, 7) is 4.93. The third kappa shape index (κ3) is 3.96. The molecular weight excluding hydrogens is 306 g/mol. The van der Waals surface area contributed by atoms with Crippen molar-refractivity contribution in [3.05, 3.63) is 39.4 Å². The van der Waals surface area contributed by atoms with Crippen LogP contribution in [-0.4, -0.2) is 34.9 Å². The summed E-state index contributed by atoms with van der Waals surface area (Å²) in [7, 11) is 0. The van der Waals surface area contributed by atoms with Crippen LogP contribution in [-0.2, 0) is 0 Å². The molecule has 2 unspecified atom stereocenters. The Bertz CT molecular complexity index is 563. The summed E-state index contributed by atoms with van der Waals surface area (Å²) in [6.07, 6.45) is 1.95. The topological polar surface area (TPSA) is 89.5 Å². The summed E-state index contributed by atoms with van der Waals surface area (Å²) in [6, 6.07) is 4.69. The normalized spacial score (nSPS) is 19.2. The molecule has 6 nitrogen and oxygen atoms in total. The van der Waals surface area contributed by atoms with Gasteiger partial charge < -0.3 is 10.6 Å². The van der Waals surface area contributed by atoms with E-state index in [1.807, 2.05) is 6.92 Å². The lowest BCUT2D eigenvalue weighted by molar-refractivity contribution is -0.385. The van der Waals surface area contributed by atoms with Crippen LogP contribution in [0.1, 0.15) is 35.7 Å². The quantitative estimate of drug-likeness (QED) is 0.682. The second-order valence-corrected chi connectivity index (χ2v) is 5.77. The van der Waals surface area contributed by atoms with Gasteiger partial charge in [-0.25, -0.2) is 0 Å². The van der Waals surface area contributed by atoms with Gasteiger partial charge in [0.1, 0.15) is 0 Å². The van der Waals surface area contributed by atoms with Gasteiger partial charge in [-0.05, 0) is 38.7 Å². The van der Waals surface area contributed by atoms with Crippen LogP contribution in [0.4, 0.5) is 5.69 Å². The van der Waals surface area contributed by atoms with Gasteiger partial charge in [0.05, 0.1) is 4.92 Å². The van der Waals surface area contributed by atoms with Crippen LogP contribution in [0.2, 0.25) is 0 Å². The number of carbonyl (C=O) groups is 1. The fourth-order valence-corrected chi connectivity index (χ4v) is 2.75. The highest BCUT2D eigenvalue weighted by atomic mass is 35.5. The van der Waals surface area contributed by atoms with E-state index in [1.54, 1.807) is 24.0 Å². The summed E-state index contributed by atoms with van der Waals surface area (Å²) in [4.78, 5) is 24.8. The smallest absolute Gasteiger partial charge is 0.273 e. The van der Waals surface area contributed by atoms with E-state index < -0.39 is 4.92 Å². The van der Waals surface area contributed by atoms with E-state index in [4.69, 9.17) is 5.73 Å². The van der Waals surface area contributed by atoms with E-state index >= 15 is 0 Å². The third-order valence-electron chi connectivity index (χ3n) is 4.14. The number of hydrogen-bond acceptors (Lipinski definition) is 4. The van der Waals surface area contributed by atoms with Gasteiger partial charge in [0.25, 0.3) is 11.6 Å². The van der Waals surface area contributed by atoms with Crippen LogP contribution in [0.3, 0.4) is 0 Å². The highest BCUT2D eigenvalue weighted by Crippen LogP contribution is 2.23. The summed E-state index contributed by atoms with van der Waals surface area (Å²) in [5, 5.41) is 11.0. The van der Waals surface area contributed by atoms with E-state index in [1.165, 1.54) is 6.07 Å². The number of nitrogens with two attached hydrogens (primary N) is 1. The van der Waals surface area contributed by atoms with Gasteiger partial charge in [0.2, 0.25) is 0 Å². The Balaban J connectivity index is 0.00000242. The molecule has 1 aliphatic heterocycles. The van der Waals surface area contributed by atoms with E-state index in [0.29, 0.717) is 30.1 Å². The maximum absolute atomic E-state index is 12.5. The van der Waals surface area contributed by atoms with Crippen molar-refractivity contribution in [3.8, 4) is 0 Å². The lowest BCUT2D eigenvalue weighted by atomic mass is 9.92. The molecule has 1 aliphatic rings. The molecule has 122 valence electrons. The minimum absolute atomic E-state index is 0. The molecule has 1 fully saturated rings. The number of likely N-dealkylation sites (tertiary alicyclic amines) is 1. The number of piperidine rings is 1. The molecule has 1 saturated heterocycles. The van der Waals surface area contributed by atoms with Gasteiger partial charge in [-0.2, -0.15) is 0 Å². The molecule has 2 atom stereocenters. The van der Waals surface area contributed by atoms with Crippen LogP contribution in [0, 0.1) is 23.0 Å². The van der Waals surface area contributed by atoms with Crippen LogP contribution < -0.4 is 5.73 Å². The molecular formula is C15H22ClN3O3. The van der Waals surface area contributed by atoms with Gasteiger partial charge in [0.15, 0.2) is 0 Å². The summed E-state index contributed by atoms with van der Waals surface area (Å²) < 4.78 is 0. The Labute approximate surface area is 136 Å². The number of amides is 1. The Morgan fingerprint density at radius 2 is 2.18 bits per heavy atom. The van der Waals surface area contributed by atoms with Gasteiger partial charge in [-0.3, -0.25) is 14.9 Å². The zero-order valence-corrected chi connectivity index (χ0v) is 13.6. The molecule has 2 N–H and O–H groups in total. The Morgan fingerprint density at radius 3 is 2.77 bits per heavy atom. The monoisotopic (exact) mass is 327 g/mol. The fourth-order valence-electron chi connectivity index (χ4n) is 2.75. The van der Waals surface area contributed by atoms with E-state index in [2.05, 4.69) is 0 Å². The largest absolute Gasteiger partial charge is 0.338 e. The Kier molecular flexibility index (Phi) is 6.32. The van der Waals surface area contributed by atoms with E-state index in [9.17, 15) is 14.9 Å². The molecule has 2 rings (SSSR count). The first-order chi connectivity index (χ1) is 9.90. The molecule has 1 aromatic rings. The Morgan fingerprint density at radius 1 is 1.50 bits per heavy atom. The molecule has 0 bridgehead atoms. The van der Waals surface area contributed by atoms with Crippen molar-refractivity contribution in [1.29, 1.82) is 0 Å². The first-order valence-electron chi connectivity index (χ1n) is 7.20. The van der Waals surface area contributed by atoms with Crippen LogP contribution in [0.25, 0.3) is 0 Å². The molecule has 22 heavy (non-hydrogen) atoms.